The van der Waals surface area contributed by atoms with Crippen LogP contribution >= 0.6 is 0 Å². The molecule has 2 aromatic rings. The zero-order chi connectivity index (χ0) is 22.6. The van der Waals surface area contributed by atoms with Gasteiger partial charge in [-0.15, -0.1) is 0 Å². The molecule has 3 amide bonds. The van der Waals surface area contributed by atoms with Crippen LogP contribution in [0.15, 0.2) is 60.7 Å². The maximum absolute atomic E-state index is 12.5. The largest absolute Gasteiger partial charge is 0.338 e. The van der Waals surface area contributed by atoms with E-state index in [1.165, 1.54) is 11.1 Å². The van der Waals surface area contributed by atoms with Crippen LogP contribution in [0.4, 0.5) is 4.79 Å². The number of unbranched alkanes of at least 4 members (excludes halogenated alkanes) is 3. The third-order valence-electron chi connectivity index (χ3n) is 5.93. The van der Waals surface area contributed by atoms with Gasteiger partial charge in [-0.25, -0.2) is 10.3 Å². The Bertz CT molecular complexity index is 784. The van der Waals surface area contributed by atoms with Crippen LogP contribution in [0, 0.1) is 0 Å². The van der Waals surface area contributed by atoms with E-state index < -0.39 is 0 Å². The van der Waals surface area contributed by atoms with Gasteiger partial charge in [0, 0.05) is 39.1 Å². The van der Waals surface area contributed by atoms with Crippen LogP contribution in [0.25, 0.3) is 0 Å². The molecule has 0 atom stereocenters. The summed E-state index contributed by atoms with van der Waals surface area (Å²) in [6.45, 7) is 3.71. The summed E-state index contributed by atoms with van der Waals surface area (Å²) in [5.41, 5.74) is 4.18. The number of benzene rings is 2. The van der Waals surface area contributed by atoms with Gasteiger partial charge in [0.25, 0.3) is 0 Å². The summed E-state index contributed by atoms with van der Waals surface area (Å²) in [6, 6.07) is 21.3. The van der Waals surface area contributed by atoms with Gasteiger partial charge in [0.15, 0.2) is 0 Å². The Morgan fingerprint density at radius 1 is 0.812 bits per heavy atom. The van der Waals surface area contributed by atoms with Crippen LogP contribution in [-0.4, -0.2) is 59.7 Å². The molecule has 3 N–H and O–H groups in total. The number of carbonyl (C=O) groups is 2. The predicted molar refractivity (Wildman–Crippen MR) is 124 cm³/mol. The molecule has 1 fully saturated rings. The number of carbonyl (C=O) groups excluding carboxylic acids is 2. The highest BCUT2D eigenvalue weighted by molar-refractivity contribution is 5.74. The number of nitrogens with one attached hydrogen (secondary N) is 2. The highest BCUT2D eigenvalue weighted by atomic mass is 16.5. The number of amides is 3. The topological polar surface area (TPSA) is 84.9 Å². The first-order valence-electron chi connectivity index (χ1n) is 11.5. The van der Waals surface area contributed by atoms with E-state index in [4.69, 9.17) is 5.21 Å². The first-order chi connectivity index (χ1) is 15.7. The summed E-state index contributed by atoms with van der Waals surface area (Å²) in [4.78, 5) is 27.9. The molecule has 0 radical (unpaired) electrons. The van der Waals surface area contributed by atoms with Gasteiger partial charge in [-0.05, 0) is 24.0 Å². The summed E-state index contributed by atoms with van der Waals surface area (Å²) >= 11 is 0. The zero-order valence-electron chi connectivity index (χ0n) is 18.6. The molecule has 0 aromatic heterocycles. The lowest BCUT2D eigenvalue weighted by Crippen LogP contribution is -2.52. The van der Waals surface area contributed by atoms with Crippen LogP contribution in [0.5, 0.6) is 0 Å². The summed E-state index contributed by atoms with van der Waals surface area (Å²) in [7, 11) is 0. The van der Waals surface area contributed by atoms with E-state index in [1.807, 2.05) is 17.0 Å². The Balaban J connectivity index is 1.43. The van der Waals surface area contributed by atoms with E-state index in [9.17, 15) is 9.59 Å². The first-order valence-corrected chi connectivity index (χ1v) is 11.5. The lowest BCUT2D eigenvalue weighted by Gasteiger charge is -2.39. The number of hydrogen-bond donors (Lipinski definition) is 3. The number of hydroxylamine groups is 1. The van der Waals surface area contributed by atoms with E-state index >= 15 is 0 Å². The molecule has 3 rings (SSSR count). The Kier molecular flexibility index (Phi) is 9.53. The lowest BCUT2D eigenvalue weighted by atomic mass is 9.96. The molecule has 1 aliphatic heterocycles. The number of urea groups is 1. The van der Waals surface area contributed by atoms with Crippen LogP contribution < -0.4 is 10.8 Å². The minimum absolute atomic E-state index is 0.000260. The average Bonchev–Trinajstić information content (AvgIpc) is 2.85. The van der Waals surface area contributed by atoms with Crippen molar-refractivity contribution in [3.05, 3.63) is 71.8 Å². The minimum atomic E-state index is -0.348. The van der Waals surface area contributed by atoms with Crippen molar-refractivity contribution < 1.29 is 14.8 Å². The quantitative estimate of drug-likeness (QED) is 0.301. The van der Waals surface area contributed by atoms with Gasteiger partial charge in [-0.3, -0.25) is 14.9 Å². The van der Waals surface area contributed by atoms with Crippen molar-refractivity contribution in [1.82, 2.24) is 20.6 Å². The van der Waals surface area contributed by atoms with E-state index in [-0.39, 0.29) is 18.0 Å². The van der Waals surface area contributed by atoms with Gasteiger partial charge in [0.2, 0.25) is 5.91 Å². The molecule has 0 bridgehead atoms. The third kappa shape index (κ3) is 7.07. The van der Waals surface area contributed by atoms with Gasteiger partial charge >= 0.3 is 6.03 Å². The Hall–Kier alpha value is -2.90. The van der Waals surface area contributed by atoms with E-state index in [1.54, 1.807) is 5.48 Å². The molecule has 1 saturated heterocycles. The van der Waals surface area contributed by atoms with Crippen LogP contribution in [0.3, 0.4) is 0 Å². The maximum atomic E-state index is 12.5. The predicted octanol–water partition coefficient (Wildman–Crippen LogP) is 3.56. The molecule has 1 heterocycles. The molecule has 0 saturated carbocycles. The summed E-state index contributed by atoms with van der Waals surface area (Å²) < 4.78 is 0. The second-order valence-corrected chi connectivity index (χ2v) is 8.18. The normalized spacial score (nSPS) is 14.4. The monoisotopic (exact) mass is 438 g/mol. The van der Waals surface area contributed by atoms with Gasteiger partial charge in [-0.1, -0.05) is 73.5 Å². The number of piperazine rings is 1. The van der Waals surface area contributed by atoms with Crippen molar-refractivity contribution in [2.24, 2.45) is 0 Å². The molecular formula is C25H34N4O3. The highest BCUT2D eigenvalue weighted by Gasteiger charge is 2.27. The fourth-order valence-electron chi connectivity index (χ4n) is 4.20. The van der Waals surface area contributed by atoms with E-state index in [2.05, 4.69) is 58.7 Å². The fraction of sp³-hybridized carbons (Fsp3) is 0.440. The fourth-order valence-corrected chi connectivity index (χ4v) is 4.20. The molecule has 7 nitrogen and oxygen atoms in total. The first kappa shape index (κ1) is 23.8. The van der Waals surface area contributed by atoms with E-state index in [0.717, 1.165) is 38.8 Å². The third-order valence-corrected chi connectivity index (χ3v) is 5.93. The minimum Gasteiger partial charge on any atom is -0.338 e. The Morgan fingerprint density at radius 3 is 1.94 bits per heavy atom. The average molecular weight is 439 g/mol. The number of nitrogens with zero attached hydrogens (tertiary/aromatic N) is 2. The molecule has 172 valence electrons. The molecule has 0 unspecified atom stereocenters. The standard InChI is InChI=1S/C25H34N4O3/c30-23(27-32)15-9-1-2-10-16-26-25(31)29-19-17-28(18-20-29)24(21-11-5-3-6-12-21)22-13-7-4-8-14-22/h3-8,11-14,24,32H,1-2,9-10,15-20H2,(H,26,31)(H,27,30). The van der Waals surface area contributed by atoms with Crippen molar-refractivity contribution in [1.29, 1.82) is 0 Å². The van der Waals surface area contributed by atoms with Crippen molar-refractivity contribution in [3.8, 4) is 0 Å². The molecule has 1 aliphatic rings. The van der Waals surface area contributed by atoms with Crippen molar-refractivity contribution >= 4 is 11.9 Å². The van der Waals surface area contributed by atoms with Gasteiger partial charge in [-0.2, -0.15) is 0 Å². The van der Waals surface area contributed by atoms with Gasteiger partial charge < -0.3 is 10.2 Å². The molecule has 32 heavy (non-hydrogen) atoms. The second-order valence-electron chi connectivity index (χ2n) is 8.18. The van der Waals surface area contributed by atoms with Crippen molar-refractivity contribution in [3.63, 3.8) is 0 Å². The van der Waals surface area contributed by atoms with E-state index in [0.29, 0.717) is 26.1 Å². The summed E-state index contributed by atoms with van der Waals surface area (Å²) in [5.74, 6) is -0.348. The van der Waals surface area contributed by atoms with Crippen LogP contribution in [0.2, 0.25) is 0 Å². The van der Waals surface area contributed by atoms with Gasteiger partial charge in [0.1, 0.15) is 0 Å². The number of rotatable bonds is 10. The van der Waals surface area contributed by atoms with Crippen LogP contribution in [0.1, 0.15) is 49.3 Å². The SMILES string of the molecule is O=C(CCCCCCNC(=O)N1CCN(C(c2ccccc2)c2ccccc2)CC1)NO. The zero-order valence-corrected chi connectivity index (χ0v) is 18.6. The lowest BCUT2D eigenvalue weighted by molar-refractivity contribution is -0.129. The molecule has 2 aromatic carbocycles. The highest BCUT2D eigenvalue weighted by Crippen LogP contribution is 2.29. The van der Waals surface area contributed by atoms with Gasteiger partial charge in [0.05, 0.1) is 6.04 Å². The maximum Gasteiger partial charge on any atom is 0.317 e. The Labute approximate surface area is 190 Å². The smallest absolute Gasteiger partial charge is 0.317 e. The Morgan fingerprint density at radius 2 is 1.38 bits per heavy atom. The van der Waals surface area contributed by atoms with Crippen molar-refractivity contribution in [2.45, 2.75) is 38.1 Å². The summed E-state index contributed by atoms with van der Waals surface area (Å²) in [5, 5.41) is 11.5. The molecule has 0 spiro atoms. The van der Waals surface area contributed by atoms with Crippen LogP contribution in [-0.2, 0) is 4.79 Å². The molecular weight excluding hydrogens is 404 g/mol. The van der Waals surface area contributed by atoms with Crippen molar-refractivity contribution in [2.75, 3.05) is 32.7 Å². The molecule has 0 aliphatic carbocycles. The summed E-state index contributed by atoms with van der Waals surface area (Å²) in [6.07, 6.45) is 3.81. The second kappa shape index (κ2) is 12.8. The molecule has 7 heteroatoms. The number of hydrogen-bond acceptors (Lipinski definition) is 4.